The van der Waals surface area contributed by atoms with E-state index >= 15 is 0 Å². The van der Waals surface area contributed by atoms with Crippen LogP contribution < -0.4 is 9.62 Å². The van der Waals surface area contributed by atoms with Crippen LogP contribution in [0.25, 0.3) is 0 Å². The molecule has 46 heavy (non-hydrogen) atoms. The molecule has 1 atom stereocenters. The van der Waals surface area contributed by atoms with Crippen LogP contribution in [0.5, 0.6) is 0 Å². The molecular weight excluding hydrogens is 618 g/mol. The van der Waals surface area contributed by atoms with E-state index in [1.165, 1.54) is 17.0 Å². The van der Waals surface area contributed by atoms with Crippen LogP contribution in [0.1, 0.15) is 50.3 Å². The van der Waals surface area contributed by atoms with Gasteiger partial charge in [0.2, 0.25) is 11.8 Å². The maximum atomic E-state index is 14.6. The lowest BCUT2D eigenvalue weighted by Crippen LogP contribution is -2.53. The fraction of sp³-hybridized carbons (Fsp3) is 0.297. The van der Waals surface area contributed by atoms with Crippen LogP contribution in [0.3, 0.4) is 0 Å². The lowest BCUT2D eigenvalue weighted by atomic mass is 10.0. The number of sulfonamides is 1. The third-order valence-electron chi connectivity index (χ3n) is 7.66. The summed E-state index contributed by atoms with van der Waals surface area (Å²) >= 11 is 6.32. The third kappa shape index (κ3) is 9.21. The van der Waals surface area contributed by atoms with Gasteiger partial charge in [-0.15, -0.1) is 0 Å². The fourth-order valence-corrected chi connectivity index (χ4v) is 6.73. The first-order valence-corrected chi connectivity index (χ1v) is 17.3. The predicted molar refractivity (Wildman–Crippen MR) is 185 cm³/mol. The number of carbonyl (C=O) groups is 2. The molecule has 0 radical (unpaired) electrons. The molecule has 0 fully saturated rings. The monoisotopic (exact) mass is 659 g/mol. The maximum absolute atomic E-state index is 14.6. The summed E-state index contributed by atoms with van der Waals surface area (Å²) in [6.07, 6.45) is 0.242. The second-order valence-electron chi connectivity index (χ2n) is 12.1. The Balaban J connectivity index is 1.80. The molecule has 242 valence electrons. The third-order valence-corrected chi connectivity index (χ3v) is 9.68. The molecular formula is C37H42ClN3O4S. The molecule has 7 nitrogen and oxygen atoms in total. The Morgan fingerprint density at radius 3 is 1.98 bits per heavy atom. The molecule has 0 aromatic heterocycles. The van der Waals surface area contributed by atoms with Crippen LogP contribution in [0.15, 0.2) is 114 Å². The summed E-state index contributed by atoms with van der Waals surface area (Å²) in [5.41, 5.74) is 2.98. The summed E-state index contributed by atoms with van der Waals surface area (Å²) in [5, 5.41) is 3.49. The summed E-state index contributed by atoms with van der Waals surface area (Å²) in [6.45, 7) is 8.08. The number of hydrogen-bond acceptors (Lipinski definition) is 4. The average Bonchev–Trinajstić information content (AvgIpc) is 3.05. The van der Waals surface area contributed by atoms with Crippen molar-refractivity contribution in [2.45, 2.75) is 57.5 Å². The van der Waals surface area contributed by atoms with Crippen molar-refractivity contribution >= 4 is 39.1 Å². The zero-order chi connectivity index (χ0) is 33.3. The molecule has 0 saturated carbocycles. The molecule has 0 unspecified atom stereocenters. The summed E-state index contributed by atoms with van der Waals surface area (Å²) in [6, 6.07) is 30.9. The van der Waals surface area contributed by atoms with Crippen LogP contribution in [-0.4, -0.2) is 44.3 Å². The van der Waals surface area contributed by atoms with Crippen molar-refractivity contribution in [2.24, 2.45) is 5.92 Å². The van der Waals surface area contributed by atoms with Gasteiger partial charge in [0.05, 0.1) is 10.6 Å². The normalized spacial score (nSPS) is 12.2. The minimum absolute atomic E-state index is 0.0531. The minimum atomic E-state index is -4.16. The zero-order valence-electron chi connectivity index (χ0n) is 26.8. The molecule has 4 rings (SSSR count). The van der Waals surface area contributed by atoms with Crippen molar-refractivity contribution in [2.75, 3.05) is 17.4 Å². The van der Waals surface area contributed by atoms with Crippen molar-refractivity contribution < 1.29 is 18.0 Å². The number of carbonyl (C=O) groups excluding carboxylic acids is 2. The molecule has 4 aromatic carbocycles. The summed E-state index contributed by atoms with van der Waals surface area (Å²) in [5.74, 6) is -0.399. The number of rotatable bonds is 14. The van der Waals surface area contributed by atoms with Crippen LogP contribution in [0.4, 0.5) is 5.69 Å². The van der Waals surface area contributed by atoms with E-state index in [1.807, 2.05) is 62.4 Å². The maximum Gasteiger partial charge on any atom is 0.264 e. The second kappa shape index (κ2) is 15.9. The first kappa shape index (κ1) is 34.7. The summed E-state index contributed by atoms with van der Waals surface area (Å²) in [4.78, 5) is 30.0. The highest BCUT2D eigenvalue weighted by atomic mass is 35.5. The zero-order valence-corrected chi connectivity index (χ0v) is 28.3. The Labute approximate surface area is 278 Å². The number of nitrogens with zero attached hydrogens (tertiary/aromatic N) is 2. The molecule has 1 N–H and O–H groups in total. The van der Waals surface area contributed by atoms with Crippen molar-refractivity contribution in [3.8, 4) is 0 Å². The Kier molecular flexibility index (Phi) is 12.0. The van der Waals surface area contributed by atoms with E-state index in [-0.39, 0.29) is 35.6 Å². The first-order chi connectivity index (χ1) is 22.0. The van der Waals surface area contributed by atoms with Gasteiger partial charge in [0.25, 0.3) is 10.0 Å². The Morgan fingerprint density at radius 2 is 1.39 bits per heavy atom. The van der Waals surface area contributed by atoms with E-state index in [9.17, 15) is 18.0 Å². The smallest absolute Gasteiger partial charge is 0.264 e. The van der Waals surface area contributed by atoms with Gasteiger partial charge in [-0.1, -0.05) is 112 Å². The standard InChI is InChI=1S/C37H42ClN3O4S/c1-27(2)24-39-37(43)35(23-29-12-7-5-8-13-29)40(25-30-14-11-15-32(38)22-30)36(42)26-41(33-20-18-31(19-21-33)28(3)4)46(44,45)34-16-9-6-10-17-34/h5-22,27-28,35H,23-26H2,1-4H3,(H,39,43)/t35-/m0/s1. The Bertz CT molecular complexity index is 1700. The van der Waals surface area contributed by atoms with E-state index in [1.54, 1.807) is 48.5 Å². The van der Waals surface area contributed by atoms with Crippen LogP contribution >= 0.6 is 11.6 Å². The molecule has 0 spiro atoms. The first-order valence-electron chi connectivity index (χ1n) is 15.5. The molecule has 0 saturated heterocycles. The fourth-order valence-electron chi connectivity index (χ4n) is 5.08. The van der Waals surface area contributed by atoms with Gasteiger partial charge in [0.1, 0.15) is 12.6 Å². The van der Waals surface area contributed by atoms with Gasteiger partial charge in [0, 0.05) is 24.5 Å². The van der Waals surface area contributed by atoms with Crippen molar-refractivity contribution in [3.63, 3.8) is 0 Å². The largest absolute Gasteiger partial charge is 0.354 e. The van der Waals surface area contributed by atoms with Crippen LogP contribution in [0, 0.1) is 5.92 Å². The average molecular weight is 660 g/mol. The number of nitrogens with one attached hydrogen (secondary N) is 1. The number of halogens is 1. The van der Waals surface area contributed by atoms with Gasteiger partial charge < -0.3 is 10.2 Å². The van der Waals surface area contributed by atoms with E-state index in [2.05, 4.69) is 19.2 Å². The SMILES string of the molecule is CC(C)CNC(=O)[C@H](Cc1ccccc1)N(Cc1cccc(Cl)c1)C(=O)CN(c1ccc(C(C)C)cc1)S(=O)(=O)c1ccccc1. The van der Waals surface area contributed by atoms with Crippen molar-refractivity contribution in [3.05, 3.63) is 131 Å². The van der Waals surface area contributed by atoms with Gasteiger partial charge in [-0.05, 0) is 64.9 Å². The molecule has 9 heteroatoms. The number of hydrogen-bond donors (Lipinski definition) is 1. The molecule has 0 heterocycles. The van der Waals surface area contributed by atoms with E-state index in [4.69, 9.17) is 11.6 Å². The second-order valence-corrected chi connectivity index (χ2v) is 14.4. The predicted octanol–water partition coefficient (Wildman–Crippen LogP) is 7.07. The summed E-state index contributed by atoms with van der Waals surface area (Å²) in [7, 11) is -4.16. The van der Waals surface area contributed by atoms with Crippen LogP contribution in [-0.2, 0) is 32.6 Å². The van der Waals surface area contributed by atoms with E-state index < -0.39 is 28.5 Å². The van der Waals surface area contributed by atoms with Crippen molar-refractivity contribution in [1.29, 1.82) is 0 Å². The lowest BCUT2D eigenvalue weighted by Gasteiger charge is -2.34. The van der Waals surface area contributed by atoms with Crippen LogP contribution in [0.2, 0.25) is 5.02 Å². The number of amides is 2. The molecule has 4 aromatic rings. The van der Waals surface area contributed by atoms with E-state index in [0.717, 1.165) is 15.4 Å². The van der Waals surface area contributed by atoms with Gasteiger partial charge in [-0.25, -0.2) is 8.42 Å². The van der Waals surface area contributed by atoms with Gasteiger partial charge >= 0.3 is 0 Å². The highest BCUT2D eigenvalue weighted by molar-refractivity contribution is 7.92. The Hall–Kier alpha value is -4.14. The van der Waals surface area contributed by atoms with E-state index in [0.29, 0.717) is 22.8 Å². The van der Waals surface area contributed by atoms with Gasteiger partial charge in [-0.3, -0.25) is 13.9 Å². The minimum Gasteiger partial charge on any atom is -0.354 e. The molecule has 0 aliphatic rings. The number of anilines is 1. The van der Waals surface area contributed by atoms with Gasteiger partial charge in [0.15, 0.2) is 0 Å². The summed E-state index contributed by atoms with van der Waals surface area (Å²) < 4.78 is 29.4. The van der Waals surface area contributed by atoms with Gasteiger partial charge in [-0.2, -0.15) is 0 Å². The molecule has 0 aliphatic heterocycles. The topological polar surface area (TPSA) is 86.8 Å². The highest BCUT2D eigenvalue weighted by Gasteiger charge is 2.34. The van der Waals surface area contributed by atoms with Crippen molar-refractivity contribution in [1.82, 2.24) is 10.2 Å². The highest BCUT2D eigenvalue weighted by Crippen LogP contribution is 2.27. The molecule has 0 bridgehead atoms. The number of benzene rings is 4. The lowest BCUT2D eigenvalue weighted by molar-refractivity contribution is -0.140. The molecule has 0 aliphatic carbocycles. The molecule has 2 amide bonds. The Morgan fingerprint density at radius 1 is 0.783 bits per heavy atom. The quantitative estimate of drug-likeness (QED) is 0.157.